The molecule has 0 aliphatic heterocycles. The summed E-state index contributed by atoms with van der Waals surface area (Å²) in [6.45, 7) is 12.3. The molecule has 0 saturated carbocycles. The Balaban J connectivity index is 2.07. The fourth-order valence-corrected chi connectivity index (χ4v) is 4.71. The Labute approximate surface area is 226 Å². The third-order valence-electron chi connectivity index (χ3n) is 6.21. The highest BCUT2D eigenvalue weighted by Crippen LogP contribution is 2.39. The van der Waals surface area contributed by atoms with E-state index < -0.39 is 38.7 Å². The van der Waals surface area contributed by atoms with Gasteiger partial charge >= 0.3 is 0 Å². The number of aromatic nitrogens is 6. The molecule has 0 saturated heterocycles. The lowest BCUT2D eigenvalue weighted by Crippen LogP contribution is -2.22. The van der Waals surface area contributed by atoms with Crippen LogP contribution in [-0.2, 0) is 26.8 Å². The summed E-state index contributed by atoms with van der Waals surface area (Å²) in [4.78, 5) is 29.7. The highest BCUT2D eigenvalue weighted by atomic mass is 32.2. The Morgan fingerprint density at radius 1 is 0.923 bits per heavy atom. The van der Waals surface area contributed by atoms with Crippen LogP contribution in [0.25, 0.3) is 23.0 Å². The Bertz CT molecular complexity index is 1680. The number of amides is 2. The number of nitrogens with zero attached hydrogens (tertiary/aromatic N) is 6. The molecular formula is C25H32N8O5S. The van der Waals surface area contributed by atoms with Crippen molar-refractivity contribution in [3.63, 3.8) is 0 Å². The second-order valence-corrected chi connectivity index (χ2v) is 11.5. The number of hydrogen-bond donors (Lipinski definition) is 3. The standard InChI is InChI=1S/C25H32N8O5S/c1-12(2)22(34)27-18-10-17(39(36,37)38)11-19(28-23(35)13(3)4)20(18)21-30-33-24(31(21)8)16(7)26-25(33)32-15(6)9-14(5)29-32/h9-13H,1-8H3,(H,27,34)(H,28,35)(H,36,37,38). The third kappa shape index (κ3) is 5.16. The average Bonchev–Trinajstić information content (AvgIpc) is 3.45. The molecule has 0 radical (unpaired) electrons. The SMILES string of the molecule is Cc1cc(C)n(-c2nc(C)c3n(C)c(-c4c(NC(=O)C(C)C)cc(S(=O)(=O)O)cc4NC(=O)C(C)C)nn23)n1. The van der Waals surface area contributed by atoms with E-state index in [0.29, 0.717) is 23.1 Å². The van der Waals surface area contributed by atoms with Gasteiger partial charge in [0.25, 0.3) is 16.1 Å². The fraction of sp³-hybridized carbons (Fsp3) is 0.400. The van der Waals surface area contributed by atoms with Gasteiger partial charge in [0.1, 0.15) is 0 Å². The molecule has 1 aromatic carbocycles. The molecule has 14 heteroatoms. The average molecular weight is 557 g/mol. The van der Waals surface area contributed by atoms with Gasteiger partial charge in [0.05, 0.1) is 33.2 Å². The second-order valence-electron chi connectivity index (χ2n) is 10.1. The lowest BCUT2D eigenvalue weighted by Gasteiger charge is -2.19. The summed E-state index contributed by atoms with van der Waals surface area (Å²) in [5.74, 6) is -0.939. The molecule has 39 heavy (non-hydrogen) atoms. The predicted molar refractivity (Wildman–Crippen MR) is 145 cm³/mol. The highest BCUT2D eigenvalue weighted by Gasteiger charge is 2.27. The van der Waals surface area contributed by atoms with Crippen molar-refractivity contribution < 1.29 is 22.6 Å². The molecular weight excluding hydrogens is 524 g/mol. The number of rotatable bonds is 7. The molecule has 4 aromatic rings. The minimum atomic E-state index is -4.69. The monoisotopic (exact) mass is 556 g/mol. The smallest absolute Gasteiger partial charge is 0.294 e. The van der Waals surface area contributed by atoms with Crippen LogP contribution in [0, 0.1) is 32.6 Å². The van der Waals surface area contributed by atoms with Gasteiger partial charge in [-0.25, -0.2) is 9.67 Å². The van der Waals surface area contributed by atoms with E-state index in [1.165, 1.54) is 0 Å². The topological polar surface area (TPSA) is 166 Å². The van der Waals surface area contributed by atoms with Gasteiger partial charge in [-0.2, -0.15) is 18.0 Å². The number of anilines is 2. The van der Waals surface area contributed by atoms with Gasteiger partial charge in [-0.05, 0) is 39.0 Å². The number of hydrogen-bond acceptors (Lipinski definition) is 7. The van der Waals surface area contributed by atoms with E-state index in [-0.39, 0.29) is 16.9 Å². The zero-order valence-corrected chi connectivity index (χ0v) is 23.9. The van der Waals surface area contributed by atoms with E-state index in [2.05, 4.69) is 20.7 Å². The van der Waals surface area contributed by atoms with Crippen molar-refractivity contribution in [2.75, 3.05) is 10.6 Å². The number of nitrogens with one attached hydrogen (secondary N) is 2. The maximum Gasteiger partial charge on any atom is 0.294 e. The first-order chi connectivity index (χ1) is 18.1. The fourth-order valence-electron chi connectivity index (χ4n) is 4.18. The highest BCUT2D eigenvalue weighted by molar-refractivity contribution is 7.85. The summed E-state index contributed by atoms with van der Waals surface area (Å²) in [5, 5.41) is 14.8. The van der Waals surface area contributed by atoms with E-state index in [1.807, 2.05) is 26.8 Å². The van der Waals surface area contributed by atoms with Gasteiger partial charge in [0.2, 0.25) is 11.8 Å². The van der Waals surface area contributed by atoms with Gasteiger partial charge in [-0.15, -0.1) is 5.10 Å². The lowest BCUT2D eigenvalue weighted by molar-refractivity contribution is -0.119. The lowest BCUT2D eigenvalue weighted by atomic mass is 10.1. The van der Waals surface area contributed by atoms with Crippen LogP contribution in [-0.4, -0.2) is 53.7 Å². The van der Waals surface area contributed by atoms with Crippen molar-refractivity contribution in [2.45, 2.75) is 53.4 Å². The third-order valence-corrected chi connectivity index (χ3v) is 7.04. The minimum absolute atomic E-state index is 0.0533. The summed E-state index contributed by atoms with van der Waals surface area (Å²) in [5.41, 5.74) is 3.28. The van der Waals surface area contributed by atoms with Crippen molar-refractivity contribution in [3.8, 4) is 17.3 Å². The summed E-state index contributed by atoms with van der Waals surface area (Å²) < 4.78 is 39.2. The molecule has 0 aliphatic carbocycles. The van der Waals surface area contributed by atoms with Gasteiger partial charge in [-0.1, -0.05) is 27.7 Å². The van der Waals surface area contributed by atoms with Crippen LogP contribution in [0.5, 0.6) is 0 Å². The molecule has 208 valence electrons. The Hall–Kier alpha value is -4.04. The molecule has 2 amide bonds. The van der Waals surface area contributed by atoms with E-state index in [1.54, 1.807) is 48.5 Å². The van der Waals surface area contributed by atoms with Gasteiger partial charge in [-0.3, -0.25) is 14.1 Å². The van der Waals surface area contributed by atoms with Gasteiger partial charge in [0.15, 0.2) is 11.5 Å². The van der Waals surface area contributed by atoms with Crippen molar-refractivity contribution in [1.29, 1.82) is 0 Å². The number of fused-ring (bicyclic) bond motifs is 1. The summed E-state index contributed by atoms with van der Waals surface area (Å²) >= 11 is 0. The normalized spacial score (nSPS) is 12.1. The minimum Gasteiger partial charge on any atom is -0.325 e. The molecule has 3 aromatic heterocycles. The van der Waals surface area contributed by atoms with Gasteiger partial charge in [0, 0.05) is 24.6 Å². The number of imidazole rings is 1. The largest absolute Gasteiger partial charge is 0.325 e. The Kier molecular flexibility index (Phi) is 7.12. The molecule has 0 atom stereocenters. The van der Waals surface area contributed by atoms with Crippen LogP contribution in [0.3, 0.4) is 0 Å². The van der Waals surface area contributed by atoms with Crippen molar-refractivity contribution in [2.24, 2.45) is 18.9 Å². The molecule has 0 fully saturated rings. The van der Waals surface area contributed by atoms with Gasteiger partial charge < -0.3 is 15.2 Å². The first kappa shape index (κ1) is 28.0. The van der Waals surface area contributed by atoms with Crippen molar-refractivity contribution >= 4 is 39.0 Å². The first-order valence-corrected chi connectivity index (χ1v) is 13.8. The van der Waals surface area contributed by atoms with Crippen LogP contribution < -0.4 is 10.6 Å². The zero-order valence-electron chi connectivity index (χ0n) is 23.1. The molecule has 4 rings (SSSR count). The second kappa shape index (κ2) is 9.93. The van der Waals surface area contributed by atoms with Crippen LogP contribution in [0.2, 0.25) is 0 Å². The van der Waals surface area contributed by atoms with E-state index >= 15 is 0 Å². The molecule has 0 aliphatic rings. The van der Waals surface area contributed by atoms with Crippen LogP contribution in [0.1, 0.15) is 44.8 Å². The van der Waals surface area contributed by atoms with Crippen LogP contribution in [0.4, 0.5) is 11.4 Å². The number of carbonyl (C=O) groups excluding carboxylic acids is 2. The number of carbonyl (C=O) groups is 2. The Morgan fingerprint density at radius 3 is 1.90 bits per heavy atom. The molecule has 0 unspecified atom stereocenters. The predicted octanol–water partition coefficient (Wildman–Crippen LogP) is 3.28. The zero-order chi connectivity index (χ0) is 29.0. The molecule has 3 N–H and O–H groups in total. The summed E-state index contributed by atoms with van der Waals surface area (Å²) in [6.07, 6.45) is 0. The van der Waals surface area contributed by atoms with Crippen molar-refractivity contribution in [3.05, 3.63) is 35.3 Å². The first-order valence-electron chi connectivity index (χ1n) is 12.3. The molecule has 3 heterocycles. The maximum absolute atomic E-state index is 12.8. The van der Waals surface area contributed by atoms with E-state index in [0.717, 1.165) is 23.5 Å². The molecule has 13 nitrogen and oxygen atoms in total. The Morgan fingerprint density at radius 2 is 1.46 bits per heavy atom. The molecule has 0 bridgehead atoms. The number of benzene rings is 1. The summed E-state index contributed by atoms with van der Waals surface area (Å²) in [7, 11) is -2.95. The van der Waals surface area contributed by atoms with E-state index in [4.69, 9.17) is 5.10 Å². The summed E-state index contributed by atoms with van der Waals surface area (Å²) in [6, 6.07) is 4.20. The van der Waals surface area contributed by atoms with Crippen LogP contribution >= 0.6 is 0 Å². The molecule has 0 spiro atoms. The number of aryl methyl sites for hydroxylation is 4. The van der Waals surface area contributed by atoms with E-state index in [9.17, 15) is 22.6 Å². The van der Waals surface area contributed by atoms with Crippen molar-refractivity contribution in [1.82, 2.24) is 28.9 Å². The maximum atomic E-state index is 12.8. The van der Waals surface area contributed by atoms with Crippen LogP contribution in [0.15, 0.2) is 23.1 Å². The quantitative estimate of drug-likeness (QED) is 0.292.